The quantitative estimate of drug-likeness (QED) is 0.268. The summed E-state index contributed by atoms with van der Waals surface area (Å²) in [5.74, 6) is -5.52. The standard InChI is InChI=1S/2C7H6O6S.Ni/c2*8-6-4(7(9)10)2-1-3-5(6)14(11,12)13;/h2*1-3,8H,(H,9,10)(H,11,12,13);/q;;+2/p-2. The van der Waals surface area contributed by atoms with Crippen LogP contribution in [0.2, 0.25) is 0 Å². The van der Waals surface area contributed by atoms with Crippen LogP contribution in [-0.4, -0.2) is 48.1 Å². The van der Waals surface area contributed by atoms with E-state index in [1.54, 1.807) is 0 Å². The first-order valence-corrected chi connectivity index (χ1v) is 9.57. The van der Waals surface area contributed by atoms with Gasteiger partial charge in [0.15, 0.2) is 0 Å². The fraction of sp³-hybridized carbons (Fsp3) is 0. The van der Waals surface area contributed by atoms with E-state index < -0.39 is 64.6 Å². The molecule has 0 spiro atoms. The van der Waals surface area contributed by atoms with Crippen LogP contribution < -0.4 is 10.2 Å². The van der Waals surface area contributed by atoms with Gasteiger partial charge in [-0.25, -0.2) is 0 Å². The van der Waals surface area contributed by atoms with Gasteiger partial charge < -0.3 is 30.0 Å². The van der Waals surface area contributed by atoms with Gasteiger partial charge in [0, 0.05) is 11.1 Å². The molecule has 0 bridgehead atoms. The Hall–Kier alpha value is -2.71. The van der Waals surface area contributed by atoms with Crippen LogP contribution in [-0.2, 0) is 36.7 Å². The number of hydrogen-bond acceptors (Lipinski definition) is 10. The number of rotatable bonds is 4. The van der Waals surface area contributed by atoms with E-state index in [0.717, 1.165) is 36.4 Å². The fourth-order valence-electron chi connectivity index (χ4n) is 1.79. The van der Waals surface area contributed by atoms with Crippen molar-refractivity contribution in [1.82, 2.24) is 0 Å². The molecule has 0 radical (unpaired) electrons. The summed E-state index contributed by atoms with van der Waals surface area (Å²) in [6.45, 7) is 0. The summed E-state index contributed by atoms with van der Waals surface area (Å²) < 4.78 is 59.6. The van der Waals surface area contributed by atoms with Gasteiger partial charge in [-0.3, -0.25) is 9.11 Å². The van der Waals surface area contributed by atoms with Gasteiger partial charge in [-0.2, -0.15) is 16.8 Å². The maximum atomic E-state index is 10.6. The first kappa shape index (κ1) is 26.3. The van der Waals surface area contributed by atoms with E-state index in [-0.39, 0.29) is 16.5 Å². The van der Waals surface area contributed by atoms with Crippen LogP contribution in [0.5, 0.6) is 11.5 Å². The molecule has 2 aromatic rings. The molecule has 0 aliphatic heterocycles. The molecule has 0 saturated heterocycles. The van der Waals surface area contributed by atoms with Crippen LogP contribution in [0.15, 0.2) is 46.2 Å². The summed E-state index contributed by atoms with van der Waals surface area (Å²) in [6.07, 6.45) is 0. The minimum atomic E-state index is -4.63. The number of hydrogen-bond donors (Lipinski definition) is 4. The predicted molar refractivity (Wildman–Crippen MR) is 84.5 cm³/mol. The van der Waals surface area contributed by atoms with Crippen molar-refractivity contribution in [2.45, 2.75) is 9.79 Å². The Morgan fingerprint density at radius 3 is 1.17 bits per heavy atom. The molecule has 0 fully saturated rings. The summed E-state index contributed by atoms with van der Waals surface area (Å²) in [5, 5.41) is 39.0. The van der Waals surface area contributed by atoms with Crippen LogP contribution in [0.25, 0.3) is 0 Å². The minimum absolute atomic E-state index is 0. The number of carboxylic acid groups (broad SMARTS) is 2. The molecule has 15 heteroatoms. The molecule has 160 valence electrons. The smallest absolute Gasteiger partial charge is 0.545 e. The van der Waals surface area contributed by atoms with Crippen LogP contribution in [0.4, 0.5) is 0 Å². The molecule has 0 aromatic heterocycles. The normalized spacial score (nSPS) is 10.8. The maximum absolute atomic E-state index is 10.6. The molecule has 0 heterocycles. The van der Waals surface area contributed by atoms with Crippen molar-refractivity contribution in [1.29, 1.82) is 0 Å². The zero-order valence-electron chi connectivity index (χ0n) is 13.7. The van der Waals surface area contributed by atoms with Gasteiger partial charge >= 0.3 is 16.5 Å². The first-order chi connectivity index (χ1) is 12.7. The molecule has 2 aromatic carbocycles. The maximum Gasteiger partial charge on any atom is 2.00 e. The fourth-order valence-corrected chi connectivity index (χ4v) is 3.00. The van der Waals surface area contributed by atoms with Crippen LogP contribution in [0.3, 0.4) is 0 Å². The topological polar surface area (TPSA) is 229 Å². The Bertz CT molecular complexity index is 1050. The summed E-state index contributed by atoms with van der Waals surface area (Å²) in [5.41, 5.74) is -1.39. The minimum Gasteiger partial charge on any atom is -0.545 e. The van der Waals surface area contributed by atoms with E-state index in [9.17, 15) is 36.6 Å². The molecule has 0 atom stereocenters. The molecule has 29 heavy (non-hydrogen) atoms. The molecule has 2 rings (SSSR count). The Morgan fingerprint density at radius 2 is 0.966 bits per heavy atom. The first-order valence-electron chi connectivity index (χ1n) is 6.69. The van der Waals surface area contributed by atoms with Gasteiger partial charge in [0.1, 0.15) is 21.3 Å². The number of benzene rings is 2. The molecule has 0 aliphatic rings. The Labute approximate surface area is 173 Å². The Balaban J connectivity index is 0.000000523. The molecular formula is C14H10NiO12S2. The van der Waals surface area contributed by atoms with Gasteiger partial charge in [-0.15, -0.1) is 0 Å². The number of carbonyl (C=O) groups excluding carboxylic acids is 2. The number of para-hydroxylation sites is 2. The van der Waals surface area contributed by atoms with Crippen LogP contribution in [0.1, 0.15) is 20.7 Å². The van der Waals surface area contributed by atoms with E-state index in [1.165, 1.54) is 0 Å². The second-order valence-electron chi connectivity index (χ2n) is 4.83. The zero-order chi connectivity index (χ0) is 21.9. The molecule has 0 aliphatic carbocycles. The predicted octanol–water partition coefficient (Wildman–Crippen LogP) is -2.00. The number of carbonyl (C=O) groups is 2. The van der Waals surface area contributed by atoms with E-state index in [1.807, 2.05) is 0 Å². The van der Waals surface area contributed by atoms with Crippen molar-refractivity contribution in [3.05, 3.63) is 47.5 Å². The summed E-state index contributed by atoms with van der Waals surface area (Å²) in [7, 11) is -9.26. The van der Waals surface area contributed by atoms with Crippen LogP contribution in [0, 0.1) is 0 Å². The van der Waals surface area contributed by atoms with E-state index in [0.29, 0.717) is 0 Å². The molecule has 0 saturated carbocycles. The third-order valence-corrected chi connectivity index (χ3v) is 4.76. The number of aromatic hydroxyl groups is 2. The monoisotopic (exact) mass is 492 g/mol. The number of aromatic carboxylic acids is 2. The Kier molecular flexibility index (Phi) is 8.77. The van der Waals surface area contributed by atoms with Gasteiger partial charge in [0.2, 0.25) is 0 Å². The van der Waals surface area contributed by atoms with Crippen molar-refractivity contribution in [2.24, 2.45) is 0 Å². The zero-order valence-corrected chi connectivity index (χ0v) is 16.3. The SMILES string of the molecule is O=C([O-])c1cccc(S(=O)(=O)O)c1O.O=C([O-])c1cccc(S(=O)(=O)O)c1O.[Ni+2]. The van der Waals surface area contributed by atoms with Crippen molar-refractivity contribution >= 4 is 32.2 Å². The second-order valence-corrected chi connectivity index (χ2v) is 7.61. The van der Waals surface area contributed by atoms with Gasteiger partial charge in [0.05, 0.1) is 11.9 Å². The van der Waals surface area contributed by atoms with E-state index in [2.05, 4.69) is 0 Å². The van der Waals surface area contributed by atoms with Gasteiger partial charge in [-0.1, -0.05) is 12.1 Å². The van der Waals surface area contributed by atoms with Crippen molar-refractivity contribution in [3.63, 3.8) is 0 Å². The third kappa shape index (κ3) is 6.69. The molecule has 4 N–H and O–H groups in total. The second kappa shape index (κ2) is 9.67. The third-order valence-electron chi connectivity index (χ3n) is 2.99. The Morgan fingerprint density at radius 1 is 0.690 bits per heavy atom. The summed E-state index contributed by atoms with van der Waals surface area (Å²) in [6, 6.07) is 5.79. The largest absolute Gasteiger partial charge is 2.00 e. The summed E-state index contributed by atoms with van der Waals surface area (Å²) in [4.78, 5) is 19.0. The van der Waals surface area contributed by atoms with E-state index >= 15 is 0 Å². The average Bonchev–Trinajstić information content (AvgIpc) is 2.53. The average molecular weight is 493 g/mol. The number of phenols is 2. The van der Waals surface area contributed by atoms with Crippen LogP contribution >= 0.6 is 0 Å². The molecule has 12 nitrogen and oxygen atoms in total. The van der Waals surface area contributed by atoms with Gasteiger partial charge in [-0.05, 0) is 24.3 Å². The molecule has 0 unspecified atom stereocenters. The van der Waals surface area contributed by atoms with Crippen molar-refractivity contribution < 1.29 is 72.4 Å². The van der Waals surface area contributed by atoms with Gasteiger partial charge in [0.25, 0.3) is 20.2 Å². The van der Waals surface area contributed by atoms with Crippen molar-refractivity contribution in [2.75, 3.05) is 0 Å². The number of carboxylic acids is 2. The van der Waals surface area contributed by atoms with E-state index in [4.69, 9.17) is 19.3 Å². The molecule has 0 amide bonds. The van der Waals surface area contributed by atoms with Crippen molar-refractivity contribution in [3.8, 4) is 11.5 Å². The summed E-state index contributed by atoms with van der Waals surface area (Å²) >= 11 is 0. The molecular weight excluding hydrogens is 483 g/mol.